The second-order valence-electron chi connectivity index (χ2n) is 6.08. The first-order valence-corrected chi connectivity index (χ1v) is 9.09. The van der Waals surface area contributed by atoms with E-state index in [-0.39, 0.29) is 17.7 Å². The standard InChI is InChI=1S/C20H21Cl2NO4/c1-11(16-7-6-15(21)10-17(16)22)23-20(25)13(3)27-18-8-5-14(12(2)24)9-19(18)26-4/h5-11,13H,1-4H3,(H,23,25)/t11-,13+/m1/s1. The zero-order chi connectivity index (χ0) is 20.1. The number of methoxy groups -OCH3 is 1. The molecule has 0 aliphatic heterocycles. The molecule has 27 heavy (non-hydrogen) atoms. The Kier molecular flexibility index (Phi) is 7.11. The Labute approximate surface area is 168 Å². The Morgan fingerprint density at radius 2 is 1.74 bits per heavy atom. The van der Waals surface area contributed by atoms with Gasteiger partial charge in [0.2, 0.25) is 0 Å². The Morgan fingerprint density at radius 3 is 2.33 bits per heavy atom. The molecule has 0 saturated carbocycles. The van der Waals surface area contributed by atoms with Crippen LogP contribution in [0.5, 0.6) is 11.5 Å². The summed E-state index contributed by atoms with van der Waals surface area (Å²) in [6.45, 7) is 4.92. The van der Waals surface area contributed by atoms with Crippen molar-refractivity contribution in [2.75, 3.05) is 7.11 Å². The van der Waals surface area contributed by atoms with E-state index < -0.39 is 6.10 Å². The molecule has 2 aromatic rings. The molecule has 2 aromatic carbocycles. The van der Waals surface area contributed by atoms with Gasteiger partial charge in [-0.2, -0.15) is 0 Å². The fraction of sp³-hybridized carbons (Fsp3) is 0.300. The summed E-state index contributed by atoms with van der Waals surface area (Å²) in [6.07, 6.45) is -0.782. The molecule has 0 heterocycles. The van der Waals surface area contributed by atoms with E-state index in [0.717, 1.165) is 5.56 Å². The number of ether oxygens (including phenoxy) is 2. The molecule has 0 saturated heterocycles. The summed E-state index contributed by atoms with van der Waals surface area (Å²) in [5.41, 5.74) is 1.26. The van der Waals surface area contributed by atoms with Crippen LogP contribution in [0.4, 0.5) is 0 Å². The van der Waals surface area contributed by atoms with Gasteiger partial charge in [0.05, 0.1) is 13.2 Å². The molecule has 5 nitrogen and oxygen atoms in total. The summed E-state index contributed by atoms with van der Waals surface area (Å²) < 4.78 is 11.0. The van der Waals surface area contributed by atoms with Gasteiger partial charge in [0.15, 0.2) is 23.4 Å². The highest BCUT2D eigenvalue weighted by molar-refractivity contribution is 6.35. The van der Waals surface area contributed by atoms with E-state index in [0.29, 0.717) is 27.1 Å². The number of amides is 1. The lowest BCUT2D eigenvalue weighted by atomic mass is 10.1. The maximum Gasteiger partial charge on any atom is 0.261 e. The van der Waals surface area contributed by atoms with E-state index in [9.17, 15) is 9.59 Å². The second kappa shape index (κ2) is 9.11. The molecule has 0 aromatic heterocycles. The number of hydrogen-bond acceptors (Lipinski definition) is 4. The van der Waals surface area contributed by atoms with Crippen LogP contribution in [0.15, 0.2) is 36.4 Å². The Balaban J connectivity index is 2.08. The summed E-state index contributed by atoms with van der Waals surface area (Å²) in [4.78, 5) is 24.0. The van der Waals surface area contributed by atoms with Gasteiger partial charge in [-0.3, -0.25) is 9.59 Å². The number of carbonyl (C=O) groups is 2. The van der Waals surface area contributed by atoms with Crippen LogP contribution in [0.25, 0.3) is 0 Å². The predicted molar refractivity (Wildman–Crippen MR) is 106 cm³/mol. The van der Waals surface area contributed by atoms with Crippen LogP contribution >= 0.6 is 23.2 Å². The van der Waals surface area contributed by atoms with Crippen LogP contribution < -0.4 is 14.8 Å². The topological polar surface area (TPSA) is 64.6 Å². The molecule has 2 rings (SSSR count). The molecule has 0 fully saturated rings. The Morgan fingerprint density at radius 1 is 1.04 bits per heavy atom. The molecule has 1 N–H and O–H groups in total. The van der Waals surface area contributed by atoms with Gasteiger partial charge in [-0.05, 0) is 56.7 Å². The molecule has 0 bridgehead atoms. The minimum absolute atomic E-state index is 0.0840. The van der Waals surface area contributed by atoms with Gasteiger partial charge in [0, 0.05) is 15.6 Å². The summed E-state index contributed by atoms with van der Waals surface area (Å²) in [7, 11) is 1.47. The van der Waals surface area contributed by atoms with Crippen molar-refractivity contribution in [3.8, 4) is 11.5 Å². The summed E-state index contributed by atoms with van der Waals surface area (Å²) >= 11 is 12.1. The van der Waals surface area contributed by atoms with Crippen molar-refractivity contribution in [1.82, 2.24) is 5.32 Å². The molecule has 0 aliphatic rings. The molecule has 2 atom stereocenters. The molecule has 1 amide bonds. The van der Waals surface area contributed by atoms with Crippen LogP contribution in [-0.4, -0.2) is 24.9 Å². The first-order valence-electron chi connectivity index (χ1n) is 8.34. The first-order chi connectivity index (χ1) is 12.7. The number of Topliss-reactive ketones (excluding diaryl/α,β-unsaturated/α-hetero) is 1. The lowest BCUT2D eigenvalue weighted by molar-refractivity contribution is -0.127. The Hall–Kier alpha value is -2.24. The van der Waals surface area contributed by atoms with Gasteiger partial charge in [-0.15, -0.1) is 0 Å². The number of nitrogens with one attached hydrogen (secondary N) is 1. The maximum absolute atomic E-state index is 12.5. The third-order valence-corrected chi connectivity index (χ3v) is 4.59. The van der Waals surface area contributed by atoms with E-state index in [4.69, 9.17) is 32.7 Å². The number of rotatable bonds is 7. The minimum Gasteiger partial charge on any atom is -0.493 e. The Bertz CT molecular complexity index is 854. The van der Waals surface area contributed by atoms with Crippen molar-refractivity contribution in [3.63, 3.8) is 0 Å². The van der Waals surface area contributed by atoms with Crippen molar-refractivity contribution in [2.24, 2.45) is 0 Å². The number of halogens is 2. The monoisotopic (exact) mass is 409 g/mol. The second-order valence-corrected chi connectivity index (χ2v) is 6.92. The number of benzene rings is 2. The molecule has 7 heteroatoms. The quantitative estimate of drug-likeness (QED) is 0.663. The fourth-order valence-corrected chi connectivity index (χ4v) is 3.06. The molecule has 0 aliphatic carbocycles. The maximum atomic E-state index is 12.5. The van der Waals surface area contributed by atoms with E-state index in [1.807, 2.05) is 6.92 Å². The zero-order valence-corrected chi connectivity index (χ0v) is 17.0. The largest absolute Gasteiger partial charge is 0.493 e. The normalized spacial score (nSPS) is 12.8. The van der Waals surface area contributed by atoms with Crippen molar-refractivity contribution >= 4 is 34.9 Å². The lowest BCUT2D eigenvalue weighted by Crippen LogP contribution is -2.37. The average molecular weight is 410 g/mol. The van der Waals surface area contributed by atoms with E-state index in [1.165, 1.54) is 14.0 Å². The minimum atomic E-state index is -0.782. The predicted octanol–water partition coefficient (Wildman–Crippen LogP) is 4.85. The molecule has 0 unspecified atom stereocenters. The van der Waals surface area contributed by atoms with Gasteiger partial charge in [0.25, 0.3) is 5.91 Å². The third kappa shape index (κ3) is 5.37. The van der Waals surface area contributed by atoms with Gasteiger partial charge < -0.3 is 14.8 Å². The zero-order valence-electron chi connectivity index (χ0n) is 15.5. The van der Waals surface area contributed by atoms with Crippen LogP contribution in [-0.2, 0) is 4.79 Å². The van der Waals surface area contributed by atoms with Crippen LogP contribution in [0.2, 0.25) is 10.0 Å². The highest BCUT2D eigenvalue weighted by Gasteiger charge is 2.21. The van der Waals surface area contributed by atoms with E-state index >= 15 is 0 Å². The van der Waals surface area contributed by atoms with Crippen molar-refractivity contribution in [2.45, 2.75) is 32.9 Å². The van der Waals surface area contributed by atoms with E-state index in [1.54, 1.807) is 43.3 Å². The SMILES string of the molecule is COc1cc(C(C)=O)ccc1O[C@@H](C)C(=O)N[C@H](C)c1ccc(Cl)cc1Cl. The first kappa shape index (κ1) is 21.1. The third-order valence-electron chi connectivity index (χ3n) is 4.03. The van der Waals surface area contributed by atoms with Gasteiger partial charge in [0.1, 0.15) is 0 Å². The highest BCUT2D eigenvalue weighted by Crippen LogP contribution is 2.30. The molecule has 0 radical (unpaired) electrons. The van der Waals surface area contributed by atoms with Crippen molar-refractivity contribution < 1.29 is 19.1 Å². The van der Waals surface area contributed by atoms with Crippen molar-refractivity contribution in [1.29, 1.82) is 0 Å². The summed E-state index contributed by atoms with van der Waals surface area (Å²) in [5.74, 6) is 0.365. The number of ketones is 1. The molecule has 144 valence electrons. The fourth-order valence-electron chi connectivity index (χ4n) is 2.49. The van der Waals surface area contributed by atoms with Gasteiger partial charge >= 0.3 is 0 Å². The molecular formula is C20H21Cl2NO4. The van der Waals surface area contributed by atoms with Crippen LogP contribution in [0.3, 0.4) is 0 Å². The van der Waals surface area contributed by atoms with Gasteiger partial charge in [-0.25, -0.2) is 0 Å². The molecular weight excluding hydrogens is 389 g/mol. The lowest BCUT2D eigenvalue weighted by Gasteiger charge is -2.21. The molecule has 0 spiro atoms. The summed E-state index contributed by atoms with van der Waals surface area (Å²) in [6, 6.07) is 9.60. The number of carbonyl (C=O) groups excluding carboxylic acids is 2. The van der Waals surface area contributed by atoms with Crippen LogP contribution in [0.1, 0.15) is 42.7 Å². The number of hydrogen-bond donors (Lipinski definition) is 1. The highest BCUT2D eigenvalue weighted by atomic mass is 35.5. The average Bonchev–Trinajstić information content (AvgIpc) is 2.61. The van der Waals surface area contributed by atoms with E-state index in [2.05, 4.69) is 5.32 Å². The van der Waals surface area contributed by atoms with Crippen LogP contribution in [0, 0.1) is 0 Å². The van der Waals surface area contributed by atoms with Gasteiger partial charge in [-0.1, -0.05) is 29.3 Å². The smallest absolute Gasteiger partial charge is 0.261 e. The van der Waals surface area contributed by atoms with Crippen molar-refractivity contribution in [3.05, 3.63) is 57.6 Å². The summed E-state index contributed by atoms with van der Waals surface area (Å²) in [5, 5.41) is 3.86.